The molecular formula is C14H17F3N2O. The van der Waals surface area contributed by atoms with Crippen molar-refractivity contribution in [2.45, 2.75) is 37.7 Å². The minimum atomic E-state index is -4.66. The predicted octanol–water partition coefficient (Wildman–Crippen LogP) is 3.23. The first-order valence-electron chi connectivity index (χ1n) is 6.88. The lowest BCUT2D eigenvalue weighted by molar-refractivity contribution is -0.274. The molecule has 2 fully saturated rings. The highest BCUT2D eigenvalue weighted by Gasteiger charge is 2.38. The number of hydrogen-bond acceptors (Lipinski definition) is 3. The van der Waals surface area contributed by atoms with Gasteiger partial charge in [-0.3, -0.25) is 4.90 Å². The molecule has 1 aromatic carbocycles. The van der Waals surface area contributed by atoms with Crippen LogP contribution in [0.1, 0.15) is 19.3 Å². The Kier molecular flexibility index (Phi) is 3.50. The van der Waals surface area contributed by atoms with E-state index in [-0.39, 0.29) is 11.8 Å². The van der Waals surface area contributed by atoms with E-state index in [9.17, 15) is 13.2 Å². The van der Waals surface area contributed by atoms with E-state index in [4.69, 9.17) is 0 Å². The Hall–Kier alpha value is -1.43. The molecular weight excluding hydrogens is 269 g/mol. The summed E-state index contributed by atoms with van der Waals surface area (Å²) in [5.74, 6) is -0.156. The van der Waals surface area contributed by atoms with E-state index in [2.05, 4.69) is 15.0 Å². The average Bonchev–Trinajstić information content (AvgIpc) is 2.94. The first-order chi connectivity index (χ1) is 9.53. The van der Waals surface area contributed by atoms with Crippen LogP contribution in [-0.2, 0) is 0 Å². The van der Waals surface area contributed by atoms with Gasteiger partial charge in [0.1, 0.15) is 0 Å². The fourth-order valence-corrected chi connectivity index (χ4v) is 3.25. The van der Waals surface area contributed by atoms with Gasteiger partial charge in [-0.1, -0.05) is 12.1 Å². The van der Waals surface area contributed by atoms with Gasteiger partial charge in [0.2, 0.25) is 0 Å². The second-order valence-corrected chi connectivity index (χ2v) is 5.33. The lowest BCUT2D eigenvalue weighted by atomic mass is 10.1. The van der Waals surface area contributed by atoms with Crippen LogP contribution in [0.4, 0.5) is 18.9 Å². The van der Waals surface area contributed by atoms with Crippen molar-refractivity contribution in [3.63, 3.8) is 0 Å². The zero-order chi connectivity index (χ0) is 14.2. The van der Waals surface area contributed by atoms with Crippen molar-refractivity contribution in [2.24, 2.45) is 0 Å². The Bertz CT molecular complexity index is 478. The van der Waals surface area contributed by atoms with Crippen LogP contribution in [0.3, 0.4) is 0 Å². The highest BCUT2D eigenvalue weighted by molar-refractivity contribution is 5.57. The molecule has 2 atom stereocenters. The van der Waals surface area contributed by atoms with Gasteiger partial charge in [0.25, 0.3) is 0 Å². The number of hydrogen-bond donors (Lipinski definition) is 1. The second kappa shape index (κ2) is 5.16. The van der Waals surface area contributed by atoms with Crippen LogP contribution in [0.5, 0.6) is 5.75 Å². The van der Waals surface area contributed by atoms with E-state index in [1.807, 2.05) is 0 Å². The Morgan fingerprint density at radius 1 is 1.15 bits per heavy atom. The number of nitrogens with one attached hydrogen (secondary N) is 1. The maximum atomic E-state index is 12.4. The molecule has 0 bridgehead atoms. The summed E-state index contributed by atoms with van der Waals surface area (Å²) < 4.78 is 41.3. The molecule has 1 aromatic rings. The van der Waals surface area contributed by atoms with E-state index in [0.29, 0.717) is 11.7 Å². The van der Waals surface area contributed by atoms with E-state index < -0.39 is 6.36 Å². The van der Waals surface area contributed by atoms with Crippen molar-refractivity contribution in [1.29, 1.82) is 0 Å². The summed E-state index contributed by atoms with van der Waals surface area (Å²) in [6.45, 7) is 2.12. The molecule has 3 nitrogen and oxygen atoms in total. The molecule has 110 valence electrons. The molecule has 3 rings (SSSR count). The number of halogens is 3. The van der Waals surface area contributed by atoms with Crippen LogP contribution in [0.25, 0.3) is 0 Å². The van der Waals surface area contributed by atoms with Crippen molar-refractivity contribution in [1.82, 2.24) is 4.90 Å². The molecule has 2 aliphatic heterocycles. The molecule has 2 saturated heterocycles. The lowest BCUT2D eigenvalue weighted by Crippen LogP contribution is -2.34. The molecule has 0 aliphatic carbocycles. The quantitative estimate of drug-likeness (QED) is 0.923. The standard InChI is InChI=1S/C14H17F3N2O/c15-14(16,17)20-13-6-2-1-4-11(13)18-10-7-9-19-8-3-5-12(10)19/h1-2,4,6,10,12,18H,3,5,7-9H2. The number of anilines is 1. The third-order valence-corrected chi connectivity index (χ3v) is 4.06. The maximum Gasteiger partial charge on any atom is 0.573 e. The summed E-state index contributed by atoms with van der Waals surface area (Å²) in [6.07, 6.45) is -1.42. The monoisotopic (exact) mass is 286 g/mol. The topological polar surface area (TPSA) is 24.5 Å². The molecule has 2 heterocycles. The number of rotatable bonds is 3. The molecule has 20 heavy (non-hydrogen) atoms. The highest BCUT2D eigenvalue weighted by atomic mass is 19.4. The summed E-state index contributed by atoms with van der Waals surface area (Å²) >= 11 is 0. The molecule has 1 N–H and O–H groups in total. The van der Waals surface area contributed by atoms with Gasteiger partial charge in [-0.25, -0.2) is 0 Å². The van der Waals surface area contributed by atoms with Crippen molar-refractivity contribution in [3.8, 4) is 5.75 Å². The second-order valence-electron chi connectivity index (χ2n) is 5.33. The zero-order valence-corrected chi connectivity index (χ0v) is 11.0. The van der Waals surface area contributed by atoms with Crippen LogP contribution in [-0.4, -0.2) is 36.4 Å². The number of alkyl halides is 3. The van der Waals surface area contributed by atoms with Gasteiger partial charge in [-0.05, 0) is 37.9 Å². The largest absolute Gasteiger partial charge is 0.573 e. The van der Waals surface area contributed by atoms with Crippen LogP contribution in [0.2, 0.25) is 0 Å². The SMILES string of the molecule is FC(F)(F)Oc1ccccc1NC1CCN2CCCC12. The third kappa shape index (κ3) is 2.85. The predicted molar refractivity (Wildman–Crippen MR) is 69.7 cm³/mol. The van der Waals surface area contributed by atoms with Crippen LogP contribution < -0.4 is 10.1 Å². The molecule has 2 aliphatic rings. The van der Waals surface area contributed by atoms with Gasteiger partial charge < -0.3 is 10.1 Å². The van der Waals surface area contributed by atoms with Crippen molar-refractivity contribution in [3.05, 3.63) is 24.3 Å². The van der Waals surface area contributed by atoms with Crippen molar-refractivity contribution < 1.29 is 17.9 Å². The molecule has 0 radical (unpaired) electrons. The first kappa shape index (κ1) is 13.5. The smallest absolute Gasteiger partial charge is 0.404 e. The normalized spacial score (nSPS) is 26.6. The van der Waals surface area contributed by atoms with Crippen LogP contribution in [0, 0.1) is 0 Å². The molecule has 2 unspecified atom stereocenters. The van der Waals surface area contributed by atoms with Gasteiger partial charge in [0, 0.05) is 18.6 Å². The summed E-state index contributed by atoms with van der Waals surface area (Å²) in [4.78, 5) is 2.41. The molecule has 0 amide bonds. The zero-order valence-electron chi connectivity index (χ0n) is 11.0. The van der Waals surface area contributed by atoms with Crippen molar-refractivity contribution in [2.75, 3.05) is 18.4 Å². The van der Waals surface area contributed by atoms with Gasteiger partial charge in [0.15, 0.2) is 5.75 Å². The van der Waals surface area contributed by atoms with Gasteiger partial charge in [-0.2, -0.15) is 0 Å². The minimum Gasteiger partial charge on any atom is -0.404 e. The van der Waals surface area contributed by atoms with E-state index >= 15 is 0 Å². The van der Waals surface area contributed by atoms with E-state index in [0.717, 1.165) is 25.9 Å². The number of nitrogens with zero attached hydrogens (tertiary/aromatic N) is 1. The lowest BCUT2D eigenvalue weighted by Gasteiger charge is -2.23. The summed E-state index contributed by atoms with van der Waals surface area (Å²) in [7, 11) is 0. The number of fused-ring (bicyclic) bond motifs is 1. The summed E-state index contributed by atoms with van der Waals surface area (Å²) in [6, 6.07) is 6.88. The van der Waals surface area contributed by atoms with Gasteiger partial charge in [-0.15, -0.1) is 13.2 Å². The number of benzene rings is 1. The number of para-hydroxylation sites is 2. The maximum absolute atomic E-state index is 12.4. The molecule has 0 spiro atoms. The van der Waals surface area contributed by atoms with Gasteiger partial charge in [0.05, 0.1) is 5.69 Å². The Morgan fingerprint density at radius 3 is 2.75 bits per heavy atom. The number of ether oxygens (including phenoxy) is 1. The Balaban J connectivity index is 1.74. The minimum absolute atomic E-state index is 0.156. The van der Waals surface area contributed by atoms with Crippen LogP contribution in [0.15, 0.2) is 24.3 Å². The molecule has 0 saturated carbocycles. The fourth-order valence-electron chi connectivity index (χ4n) is 3.25. The van der Waals surface area contributed by atoms with E-state index in [1.54, 1.807) is 18.2 Å². The molecule has 0 aromatic heterocycles. The van der Waals surface area contributed by atoms with Crippen molar-refractivity contribution >= 4 is 5.69 Å². The summed E-state index contributed by atoms with van der Waals surface area (Å²) in [5.41, 5.74) is 0.420. The van der Waals surface area contributed by atoms with Crippen LogP contribution >= 0.6 is 0 Å². The Morgan fingerprint density at radius 2 is 1.95 bits per heavy atom. The average molecular weight is 286 g/mol. The van der Waals surface area contributed by atoms with Gasteiger partial charge >= 0.3 is 6.36 Å². The third-order valence-electron chi connectivity index (χ3n) is 4.06. The van der Waals surface area contributed by atoms with E-state index in [1.165, 1.54) is 12.5 Å². The fraction of sp³-hybridized carbons (Fsp3) is 0.571. The Labute approximate surface area is 115 Å². The molecule has 6 heteroatoms. The summed E-state index contributed by atoms with van der Waals surface area (Å²) in [5, 5.41) is 3.24. The first-order valence-corrected chi connectivity index (χ1v) is 6.88. The highest BCUT2D eigenvalue weighted by Crippen LogP contribution is 2.34.